The zero-order chi connectivity index (χ0) is 5.86. The summed E-state index contributed by atoms with van der Waals surface area (Å²) in [6.07, 6.45) is 1.87. The first kappa shape index (κ1) is 7.58. The van der Waals surface area contributed by atoms with Crippen molar-refractivity contribution in [3.8, 4) is 0 Å². The summed E-state index contributed by atoms with van der Waals surface area (Å²) in [5.74, 6) is 0. The fourth-order valence-electron chi connectivity index (χ4n) is 0.265. The van der Waals surface area contributed by atoms with Gasteiger partial charge in [-0.15, -0.1) is 23.2 Å². The van der Waals surface area contributed by atoms with Crippen LogP contribution < -0.4 is 0 Å². The minimum absolute atomic E-state index is 0.0154. The Labute approximate surface area is 54.8 Å². The summed E-state index contributed by atoms with van der Waals surface area (Å²) in [6, 6.07) is 0. The van der Waals surface area contributed by atoms with Gasteiger partial charge in [0.2, 0.25) is 0 Å². The van der Waals surface area contributed by atoms with Crippen LogP contribution >= 0.6 is 23.2 Å². The summed E-state index contributed by atoms with van der Waals surface area (Å²) in [7, 11) is 0. The van der Waals surface area contributed by atoms with E-state index in [4.69, 9.17) is 23.2 Å². The van der Waals surface area contributed by atoms with E-state index >= 15 is 0 Å². The highest BCUT2D eigenvalue weighted by Gasteiger charge is 2.06. The van der Waals surface area contributed by atoms with Crippen LogP contribution in [0.25, 0.3) is 0 Å². The molecule has 0 nitrogen and oxygen atoms in total. The molecule has 0 bridgehead atoms. The van der Waals surface area contributed by atoms with Crippen LogP contribution in [0.15, 0.2) is 0 Å². The number of halogens is 2. The summed E-state index contributed by atoms with van der Waals surface area (Å²) in [5, 5.41) is 0.0633. The maximum Gasteiger partial charge on any atom is 0.0525 e. The standard InChI is InChI=1S/C5H9Cl2/c1-3-5(7)4(2)6/h3-5H,1-2H3. The molecule has 2 heteroatoms. The molecule has 0 fully saturated rings. The molecule has 0 N–H and O–H groups in total. The van der Waals surface area contributed by atoms with Crippen LogP contribution in [0.1, 0.15) is 13.8 Å². The highest BCUT2D eigenvalue weighted by atomic mass is 35.5. The molecule has 7 heavy (non-hydrogen) atoms. The van der Waals surface area contributed by atoms with Gasteiger partial charge < -0.3 is 0 Å². The Kier molecular flexibility index (Phi) is 3.86. The molecule has 0 rings (SSSR count). The van der Waals surface area contributed by atoms with Gasteiger partial charge in [0.1, 0.15) is 0 Å². The first-order valence-electron chi connectivity index (χ1n) is 2.26. The van der Waals surface area contributed by atoms with Crippen molar-refractivity contribution in [3.63, 3.8) is 0 Å². The average molecular weight is 140 g/mol. The predicted molar refractivity (Wildman–Crippen MR) is 34.9 cm³/mol. The van der Waals surface area contributed by atoms with Crippen LogP contribution in [-0.2, 0) is 0 Å². The second-order valence-electron chi connectivity index (χ2n) is 1.46. The van der Waals surface area contributed by atoms with Gasteiger partial charge in [-0.2, -0.15) is 0 Å². The quantitative estimate of drug-likeness (QED) is 0.516. The van der Waals surface area contributed by atoms with Gasteiger partial charge in [-0.3, -0.25) is 0 Å². The first-order chi connectivity index (χ1) is 3.18. The van der Waals surface area contributed by atoms with Crippen molar-refractivity contribution in [2.24, 2.45) is 0 Å². The molecule has 0 aliphatic rings. The van der Waals surface area contributed by atoms with Crippen LogP contribution in [0.5, 0.6) is 0 Å². The van der Waals surface area contributed by atoms with Gasteiger partial charge in [-0.05, 0) is 13.3 Å². The normalized spacial score (nSPS) is 18.9. The predicted octanol–water partition coefficient (Wildman–Crippen LogP) is 2.45. The molecule has 0 aromatic rings. The maximum absolute atomic E-state index is 5.61. The number of hydrogen-bond donors (Lipinski definition) is 0. The molecule has 1 radical (unpaired) electrons. The molecule has 2 unspecified atom stereocenters. The molecular weight excluding hydrogens is 131 g/mol. The van der Waals surface area contributed by atoms with Crippen molar-refractivity contribution < 1.29 is 0 Å². The molecular formula is C5H9Cl2. The molecule has 0 saturated heterocycles. The monoisotopic (exact) mass is 139 g/mol. The number of alkyl halides is 2. The second-order valence-corrected chi connectivity index (χ2v) is 2.65. The zero-order valence-electron chi connectivity index (χ0n) is 4.49. The van der Waals surface area contributed by atoms with E-state index in [9.17, 15) is 0 Å². The van der Waals surface area contributed by atoms with Crippen LogP contribution in [0.4, 0.5) is 0 Å². The third kappa shape index (κ3) is 3.19. The lowest BCUT2D eigenvalue weighted by Gasteiger charge is -2.05. The molecule has 0 amide bonds. The molecule has 0 aliphatic heterocycles. The minimum Gasteiger partial charge on any atom is -0.122 e. The van der Waals surface area contributed by atoms with Crippen LogP contribution in [0, 0.1) is 6.42 Å². The zero-order valence-corrected chi connectivity index (χ0v) is 6.00. The SMILES string of the molecule is C[CH]C(Cl)C(C)Cl. The summed E-state index contributed by atoms with van der Waals surface area (Å²) in [6.45, 7) is 3.77. The molecule has 0 aromatic carbocycles. The van der Waals surface area contributed by atoms with E-state index in [-0.39, 0.29) is 10.8 Å². The highest BCUT2D eigenvalue weighted by molar-refractivity contribution is 6.30. The van der Waals surface area contributed by atoms with Crippen molar-refractivity contribution in [1.82, 2.24) is 0 Å². The van der Waals surface area contributed by atoms with E-state index in [2.05, 4.69) is 0 Å². The van der Waals surface area contributed by atoms with E-state index in [1.165, 1.54) is 0 Å². The minimum atomic E-state index is 0.0154. The fourth-order valence-corrected chi connectivity index (χ4v) is 0.411. The fraction of sp³-hybridized carbons (Fsp3) is 0.800. The van der Waals surface area contributed by atoms with Crippen molar-refractivity contribution in [3.05, 3.63) is 6.42 Å². The van der Waals surface area contributed by atoms with Crippen molar-refractivity contribution in [2.75, 3.05) is 0 Å². The topological polar surface area (TPSA) is 0 Å². The number of hydrogen-bond acceptors (Lipinski definition) is 0. The molecule has 0 aliphatic carbocycles. The van der Waals surface area contributed by atoms with Crippen molar-refractivity contribution in [1.29, 1.82) is 0 Å². The second kappa shape index (κ2) is 3.57. The lowest BCUT2D eigenvalue weighted by atomic mass is 10.3. The van der Waals surface area contributed by atoms with Gasteiger partial charge in [-0.25, -0.2) is 0 Å². The maximum atomic E-state index is 5.61. The van der Waals surface area contributed by atoms with Crippen molar-refractivity contribution in [2.45, 2.75) is 24.6 Å². The van der Waals surface area contributed by atoms with Crippen molar-refractivity contribution >= 4 is 23.2 Å². The Hall–Kier alpha value is 0.580. The Morgan fingerprint density at radius 2 is 1.86 bits per heavy atom. The third-order valence-electron chi connectivity index (χ3n) is 0.757. The van der Waals surface area contributed by atoms with E-state index in [0.29, 0.717) is 0 Å². The van der Waals surface area contributed by atoms with Crippen LogP contribution in [0.2, 0.25) is 0 Å². The van der Waals surface area contributed by atoms with Gasteiger partial charge in [-0.1, -0.05) is 6.92 Å². The van der Waals surface area contributed by atoms with Gasteiger partial charge >= 0.3 is 0 Å². The smallest absolute Gasteiger partial charge is 0.0525 e. The van der Waals surface area contributed by atoms with Crippen LogP contribution in [0.3, 0.4) is 0 Å². The van der Waals surface area contributed by atoms with Gasteiger partial charge in [0.05, 0.1) is 5.38 Å². The Balaban J connectivity index is 3.14. The average Bonchev–Trinajstić information content (AvgIpc) is 1.65. The van der Waals surface area contributed by atoms with Gasteiger partial charge in [0.25, 0.3) is 0 Å². The molecule has 2 atom stereocenters. The Morgan fingerprint density at radius 1 is 1.43 bits per heavy atom. The summed E-state index contributed by atoms with van der Waals surface area (Å²) in [4.78, 5) is 0. The molecule has 0 spiro atoms. The van der Waals surface area contributed by atoms with Gasteiger partial charge in [0.15, 0.2) is 0 Å². The Morgan fingerprint density at radius 3 is 1.86 bits per heavy atom. The van der Waals surface area contributed by atoms with E-state index in [1.807, 2.05) is 20.3 Å². The Bertz CT molecular complexity index is 43.3. The number of rotatable bonds is 2. The summed E-state index contributed by atoms with van der Waals surface area (Å²) in [5.41, 5.74) is 0. The summed E-state index contributed by atoms with van der Waals surface area (Å²) >= 11 is 11.2. The lowest BCUT2D eigenvalue weighted by molar-refractivity contribution is 0.919. The van der Waals surface area contributed by atoms with E-state index in [0.717, 1.165) is 0 Å². The van der Waals surface area contributed by atoms with E-state index < -0.39 is 0 Å². The lowest BCUT2D eigenvalue weighted by Crippen LogP contribution is -2.08. The molecule has 0 aromatic heterocycles. The molecule has 43 valence electrons. The van der Waals surface area contributed by atoms with Gasteiger partial charge in [0, 0.05) is 5.38 Å². The van der Waals surface area contributed by atoms with E-state index in [1.54, 1.807) is 0 Å². The first-order valence-corrected chi connectivity index (χ1v) is 3.13. The largest absolute Gasteiger partial charge is 0.122 e. The molecule has 0 saturated carbocycles. The molecule has 0 heterocycles. The third-order valence-corrected chi connectivity index (χ3v) is 1.79. The van der Waals surface area contributed by atoms with Crippen LogP contribution in [-0.4, -0.2) is 10.8 Å². The highest BCUT2D eigenvalue weighted by Crippen LogP contribution is 2.10. The summed E-state index contributed by atoms with van der Waals surface area (Å²) < 4.78 is 0.